The van der Waals surface area contributed by atoms with E-state index in [1.807, 2.05) is 13.8 Å². The topological polar surface area (TPSA) is 65.0 Å². The SMILES string of the molecule is CCNC(=NCC1CC(C)N(Cc2ccccc2)C1)N1CCS(=O)(=O)C(C)(C)C1. The molecule has 6 nitrogen and oxygen atoms in total. The maximum absolute atomic E-state index is 12.3. The van der Waals surface area contributed by atoms with Gasteiger partial charge in [0.15, 0.2) is 15.8 Å². The number of benzene rings is 1. The van der Waals surface area contributed by atoms with Crippen LogP contribution in [0.5, 0.6) is 0 Å². The predicted octanol–water partition coefficient (Wildman–Crippen LogP) is 2.37. The zero-order valence-corrected chi connectivity index (χ0v) is 19.1. The molecule has 2 fully saturated rings. The van der Waals surface area contributed by atoms with Gasteiger partial charge in [0.1, 0.15) is 0 Å². The molecule has 3 rings (SSSR count). The average Bonchev–Trinajstić information content (AvgIpc) is 3.01. The second-order valence-electron chi connectivity index (χ2n) is 9.06. The quantitative estimate of drug-likeness (QED) is 0.585. The molecule has 0 aromatic heterocycles. The number of nitrogens with one attached hydrogen (secondary N) is 1. The highest BCUT2D eigenvalue weighted by Crippen LogP contribution is 2.26. The molecule has 2 saturated heterocycles. The lowest BCUT2D eigenvalue weighted by molar-refractivity contribution is 0.256. The molecular weight excluding hydrogens is 384 g/mol. The zero-order valence-electron chi connectivity index (χ0n) is 18.3. The minimum Gasteiger partial charge on any atom is -0.357 e. The number of aliphatic imine (C=N–C) groups is 1. The first kappa shape index (κ1) is 22.1. The third-order valence-corrected chi connectivity index (χ3v) is 8.73. The molecular formula is C22H36N4O2S. The Hall–Kier alpha value is -1.60. The molecule has 2 aliphatic heterocycles. The summed E-state index contributed by atoms with van der Waals surface area (Å²) in [5.41, 5.74) is 1.36. The molecule has 7 heteroatoms. The van der Waals surface area contributed by atoms with Crippen LogP contribution in [0.1, 0.15) is 39.7 Å². The molecule has 0 aliphatic carbocycles. The lowest BCUT2D eigenvalue weighted by Crippen LogP contribution is -2.57. The second-order valence-corrected chi connectivity index (χ2v) is 11.8. The maximum atomic E-state index is 12.3. The molecule has 0 amide bonds. The van der Waals surface area contributed by atoms with Gasteiger partial charge in [-0.05, 0) is 45.6 Å². The molecule has 1 N–H and O–H groups in total. The van der Waals surface area contributed by atoms with Gasteiger partial charge in [0.2, 0.25) is 0 Å². The van der Waals surface area contributed by atoms with E-state index in [4.69, 9.17) is 4.99 Å². The number of hydrogen-bond acceptors (Lipinski definition) is 4. The molecule has 0 bridgehead atoms. The third kappa shape index (κ3) is 5.31. The molecule has 29 heavy (non-hydrogen) atoms. The molecule has 0 saturated carbocycles. The normalized spacial score (nSPS) is 27.2. The van der Waals surface area contributed by atoms with Gasteiger partial charge in [-0.25, -0.2) is 8.42 Å². The van der Waals surface area contributed by atoms with Crippen molar-refractivity contribution in [2.75, 3.05) is 38.5 Å². The van der Waals surface area contributed by atoms with Crippen molar-refractivity contribution in [2.45, 2.75) is 51.4 Å². The molecule has 2 atom stereocenters. The fourth-order valence-corrected chi connectivity index (χ4v) is 5.72. The van der Waals surface area contributed by atoms with E-state index in [2.05, 4.69) is 59.3 Å². The van der Waals surface area contributed by atoms with E-state index in [0.717, 1.165) is 38.6 Å². The van der Waals surface area contributed by atoms with E-state index in [1.54, 1.807) is 0 Å². The van der Waals surface area contributed by atoms with Gasteiger partial charge in [0, 0.05) is 45.3 Å². The smallest absolute Gasteiger partial charge is 0.194 e. The van der Waals surface area contributed by atoms with Gasteiger partial charge in [0.25, 0.3) is 0 Å². The van der Waals surface area contributed by atoms with Gasteiger partial charge in [-0.2, -0.15) is 0 Å². The number of guanidine groups is 1. The Bertz CT molecular complexity index is 807. The van der Waals surface area contributed by atoms with E-state index in [1.165, 1.54) is 5.56 Å². The van der Waals surface area contributed by atoms with Gasteiger partial charge in [0.05, 0.1) is 10.5 Å². The summed E-state index contributed by atoms with van der Waals surface area (Å²) in [5, 5.41) is 3.37. The van der Waals surface area contributed by atoms with Crippen LogP contribution in [0.15, 0.2) is 35.3 Å². The Morgan fingerprint density at radius 1 is 1.28 bits per heavy atom. The molecule has 2 unspecified atom stereocenters. The van der Waals surface area contributed by atoms with Crippen molar-refractivity contribution in [2.24, 2.45) is 10.9 Å². The molecule has 2 aliphatic rings. The van der Waals surface area contributed by atoms with Crippen LogP contribution in [0.25, 0.3) is 0 Å². The Kier molecular flexibility index (Phi) is 6.89. The molecule has 1 aromatic rings. The number of rotatable bonds is 5. The van der Waals surface area contributed by atoms with Gasteiger partial charge in [-0.1, -0.05) is 30.3 Å². The lowest BCUT2D eigenvalue weighted by atomic mass is 10.1. The van der Waals surface area contributed by atoms with E-state index in [0.29, 0.717) is 25.0 Å². The first-order valence-corrected chi connectivity index (χ1v) is 12.4. The molecule has 2 heterocycles. The van der Waals surface area contributed by atoms with Crippen molar-refractivity contribution < 1.29 is 8.42 Å². The van der Waals surface area contributed by atoms with Gasteiger partial charge in [-0.15, -0.1) is 0 Å². The Morgan fingerprint density at radius 3 is 2.66 bits per heavy atom. The van der Waals surface area contributed by atoms with E-state index >= 15 is 0 Å². The zero-order chi connectivity index (χ0) is 21.1. The van der Waals surface area contributed by atoms with Gasteiger partial charge >= 0.3 is 0 Å². The minimum atomic E-state index is -3.05. The Morgan fingerprint density at radius 2 is 2.00 bits per heavy atom. The van der Waals surface area contributed by atoms with E-state index in [9.17, 15) is 8.42 Å². The van der Waals surface area contributed by atoms with Crippen LogP contribution in [0.3, 0.4) is 0 Å². The highest BCUT2D eigenvalue weighted by Gasteiger charge is 2.41. The third-order valence-electron chi connectivity index (χ3n) is 6.20. The van der Waals surface area contributed by atoms with Crippen LogP contribution in [0.4, 0.5) is 0 Å². The highest BCUT2D eigenvalue weighted by molar-refractivity contribution is 7.92. The predicted molar refractivity (Wildman–Crippen MR) is 120 cm³/mol. The van der Waals surface area contributed by atoms with Crippen LogP contribution in [0, 0.1) is 5.92 Å². The van der Waals surface area contributed by atoms with Crippen LogP contribution in [-0.2, 0) is 16.4 Å². The van der Waals surface area contributed by atoms with Crippen molar-refractivity contribution in [1.29, 1.82) is 0 Å². The summed E-state index contributed by atoms with van der Waals surface area (Å²) in [6, 6.07) is 11.2. The van der Waals surface area contributed by atoms with Crippen LogP contribution in [-0.4, -0.2) is 73.4 Å². The summed E-state index contributed by atoms with van der Waals surface area (Å²) < 4.78 is 23.9. The van der Waals surface area contributed by atoms with E-state index in [-0.39, 0.29) is 5.75 Å². The summed E-state index contributed by atoms with van der Waals surface area (Å²) in [4.78, 5) is 9.57. The second kappa shape index (κ2) is 9.04. The Labute approximate surface area is 176 Å². The number of likely N-dealkylation sites (tertiary alicyclic amines) is 1. The number of hydrogen-bond donors (Lipinski definition) is 1. The summed E-state index contributed by atoms with van der Waals surface area (Å²) in [5.74, 6) is 1.57. The van der Waals surface area contributed by atoms with Crippen LogP contribution < -0.4 is 5.32 Å². The molecule has 0 radical (unpaired) electrons. The standard InChI is InChI=1S/C22H36N4O2S/c1-5-23-21(25-11-12-29(27,28)22(3,4)17-25)24-14-20-13-18(2)26(16-20)15-19-9-7-6-8-10-19/h6-10,18,20H,5,11-17H2,1-4H3,(H,23,24). The van der Waals surface area contributed by atoms with Crippen LogP contribution >= 0.6 is 0 Å². The van der Waals surface area contributed by atoms with Gasteiger partial charge in [-0.3, -0.25) is 9.89 Å². The molecule has 0 spiro atoms. The first-order valence-electron chi connectivity index (χ1n) is 10.8. The van der Waals surface area contributed by atoms with Crippen LogP contribution in [0.2, 0.25) is 0 Å². The first-order chi connectivity index (χ1) is 13.7. The largest absolute Gasteiger partial charge is 0.357 e. The average molecular weight is 421 g/mol. The highest BCUT2D eigenvalue weighted by atomic mass is 32.2. The fourth-order valence-electron chi connectivity index (χ4n) is 4.35. The van der Waals surface area contributed by atoms with Crippen molar-refractivity contribution in [1.82, 2.24) is 15.1 Å². The molecule has 162 valence electrons. The van der Waals surface area contributed by atoms with Crippen molar-refractivity contribution in [3.05, 3.63) is 35.9 Å². The van der Waals surface area contributed by atoms with Crippen molar-refractivity contribution in [3.63, 3.8) is 0 Å². The summed E-state index contributed by atoms with van der Waals surface area (Å²) in [6.45, 7) is 12.6. The Balaban J connectivity index is 1.62. The van der Waals surface area contributed by atoms with E-state index < -0.39 is 14.6 Å². The number of sulfone groups is 1. The lowest BCUT2D eigenvalue weighted by Gasteiger charge is -2.39. The summed E-state index contributed by atoms with van der Waals surface area (Å²) in [6.07, 6.45) is 1.15. The van der Waals surface area contributed by atoms with Gasteiger partial charge < -0.3 is 10.2 Å². The monoisotopic (exact) mass is 420 g/mol. The summed E-state index contributed by atoms with van der Waals surface area (Å²) in [7, 11) is -3.05. The van der Waals surface area contributed by atoms with Crippen molar-refractivity contribution in [3.8, 4) is 0 Å². The van der Waals surface area contributed by atoms with Crippen molar-refractivity contribution >= 4 is 15.8 Å². The molecule has 1 aromatic carbocycles. The minimum absolute atomic E-state index is 0.190. The number of nitrogens with zero attached hydrogens (tertiary/aromatic N) is 3. The fraction of sp³-hybridized carbons (Fsp3) is 0.682. The summed E-state index contributed by atoms with van der Waals surface area (Å²) >= 11 is 0. The maximum Gasteiger partial charge on any atom is 0.194 e.